The number of nitrogens with zero attached hydrogens (tertiary/aromatic N) is 2. The predicted octanol–water partition coefficient (Wildman–Crippen LogP) is 4.08. The van der Waals surface area contributed by atoms with Crippen molar-refractivity contribution in [2.75, 3.05) is 5.32 Å². The maximum absolute atomic E-state index is 13.2. The zero-order chi connectivity index (χ0) is 19.1. The van der Waals surface area contributed by atoms with E-state index in [1.165, 1.54) is 27.6 Å². The summed E-state index contributed by atoms with van der Waals surface area (Å²) < 4.78 is 14.6. The minimum atomic E-state index is -0.557. The van der Waals surface area contributed by atoms with Gasteiger partial charge in [0.2, 0.25) is 5.91 Å². The van der Waals surface area contributed by atoms with Gasteiger partial charge in [0.1, 0.15) is 23.0 Å². The number of anilines is 1. The molecule has 0 fully saturated rings. The fourth-order valence-electron chi connectivity index (χ4n) is 3.44. The molecule has 140 valence electrons. The molecule has 1 N–H and O–H groups in total. The van der Waals surface area contributed by atoms with Crippen LogP contribution in [0.25, 0.3) is 10.2 Å². The maximum Gasteiger partial charge on any atom is 0.263 e. The highest BCUT2D eigenvalue weighted by atomic mass is 35.5. The molecule has 0 unspecified atom stereocenters. The normalized spacial score (nSPS) is 13.6. The third kappa shape index (κ3) is 3.37. The van der Waals surface area contributed by atoms with E-state index in [0.29, 0.717) is 16.9 Å². The minimum absolute atomic E-state index is 0.0749. The molecule has 27 heavy (non-hydrogen) atoms. The molecule has 2 aromatic heterocycles. The van der Waals surface area contributed by atoms with Gasteiger partial charge in [-0.1, -0.05) is 11.6 Å². The lowest BCUT2D eigenvalue weighted by molar-refractivity contribution is -0.116. The fourth-order valence-corrected chi connectivity index (χ4v) is 4.92. The van der Waals surface area contributed by atoms with Gasteiger partial charge in [-0.05, 0) is 56.4 Å². The summed E-state index contributed by atoms with van der Waals surface area (Å²) in [6.45, 7) is 1.56. The number of nitrogens with one attached hydrogen (secondary N) is 1. The second-order valence-corrected chi connectivity index (χ2v) is 8.11. The number of rotatable bonds is 3. The number of thiophene rings is 1. The molecule has 1 amide bonds. The first kappa shape index (κ1) is 18.1. The van der Waals surface area contributed by atoms with Gasteiger partial charge in [0.25, 0.3) is 5.56 Å². The molecule has 1 aliphatic carbocycles. The van der Waals surface area contributed by atoms with Gasteiger partial charge in [-0.15, -0.1) is 11.3 Å². The summed E-state index contributed by atoms with van der Waals surface area (Å²) in [4.78, 5) is 32.0. The van der Waals surface area contributed by atoms with Crippen LogP contribution in [0.1, 0.15) is 29.1 Å². The van der Waals surface area contributed by atoms with Crippen molar-refractivity contribution in [3.63, 3.8) is 0 Å². The van der Waals surface area contributed by atoms with Crippen LogP contribution in [-0.4, -0.2) is 15.5 Å². The van der Waals surface area contributed by atoms with Crippen molar-refractivity contribution in [1.29, 1.82) is 0 Å². The van der Waals surface area contributed by atoms with E-state index in [1.807, 2.05) is 0 Å². The highest BCUT2D eigenvalue weighted by molar-refractivity contribution is 7.18. The summed E-state index contributed by atoms with van der Waals surface area (Å²) >= 11 is 7.32. The van der Waals surface area contributed by atoms with E-state index in [0.717, 1.165) is 36.1 Å². The average molecular weight is 406 g/mol. The number of halogens is 2. The Hall–Kier alpha value is -2.25. The van der Waals surface area contributed by atoms with E-state index < -0.39 is 11.7 Å². The van der Waals surface area contributed by atoms with Crippen molar-refractivity contribution in [1.82, 2.24) is 9.55 Å². The van der Waals surface area contributed by atoms with Crippen LogP contribution in [0, 0.1) is 12.7 Å². The Morgan fingerprint density at radius 3 is 2.93 bits per heavy atom. The molecule has 0 bridgehead atoms. The summed E-state index contributed by atoms with van der Waals surface area (Å²) in [6.07, 6.45) is 4.07. The Labute approximate surface area is 163 Å². The van der Waals surface area contributed by atoms with E-state index in [1.54, 1.807) is 18.3 Å². The standard InChI is InChI=1S/C19H17ClFN3O2S/c1-10-22-18-17(12-4-2-3-5-15(12)27-18)19(26)24(10)9-16(25)23-11-6-7-14(21)13(20)8-11/h6-8H,2-5,9H2,1H3,(H,23,25). The SMILES string of the molecule is Cc1nc2sc3c(c2c(=O)n1CC(=O)Nc1ccc(F)c(Cl)c1)CCCC3. The molecule has 0 saturated heterocycles. The molecular formula is C19H17ClFN3O2S. The molecule has 8 heteroatoms. The van der Waals surface area contributed by atoms with E-state index in [2.05, 4.69) is 10.3 Å². The van der Waals surface area contributed by atoms with Crippen molar-refractivity contribution in [2.45, 2.75) is 39.2 Å². The lowest BCUT2D eigenvalue weighted by atomic mass is 9.97. The molecule has 1 aromatic carbocycles. The Kier molecular flexibility index (Phi) is 4.74. The molecule has 0 atom stereocenters. The van der Waals surface area contributed by atoms with E-state index in [4.69, 9.17) is 11.6 Å². The average Bonchev–Trinajstić information content (AvgIpc) is 3.00. The summed E-state index contributed by atoms with van der Waals surface area (Å²) in [5.74, 6) is -0.454. The van der Waals surface area contributed by atoms with Gasteiger partial charge in [-0.3, -0.25) is 14.2 Å². The molecule has 4 rings (SSSR count). The molecule has 0 aliphatic heterocycles. The zero-order valence-corrected chi connectivity index (χ0v) is 16.2. The number of aromatic nitrogens is 2. The number of benzene rings is 1. The highest BCUT2D eigenvalue weighted by Gasteiger charge is 2.21. The van der Waals surface area contributed by atoms with E-state index >= 15 is 0 Å². The van der Waals surface area contributed by atoms with Crippen LogP contribution >= 0.6 is 22.9 Å². The summed E-state index contributed by atoms with van der Waals surface area (Å²) in [6, 6.07) is 3.94. The van der Waals surface area contributed by atoms with Crippen LogP contribution in [0.4, 0.5) is 10.1 Å². The highest BCUT2D eigenvalue weighted by Crippen LogP contribution is 2.33. The van der Waals surface area contributed by atoms with Gasteiger partial charge < -0.3 is 5.32 Å². The van der Waals surface area contributed by atoms with Crippen LogP contribution in [0.15, 0.2) is 23.0 Å². The summed E-state index contributed by atoms with van der Waals surface area (Å²) in [7, 11) is 0. The van der Waals surface area contributed by atoms with Crippen LogP contribution in [0.2, 0.25) is 5.02 Å². The molecule has 1 aliphatic rings. The van der Waals surface area contributed by atoms with Crippen molar-refractivity contribution in [2.24, 2.45) is 0 Å². The number of carbonyl (C=O) groups is 1. The van der Waals surface area contributed by atoms with Crippen LogP contribution in [0.5, 0.6) is 0 Å². The lowest BCUT2D eigenvalue weighted by Gasteiger charge is -2.12. The van der Waals surface area contributed by atoms with Gasteiger partial charge in [0, 0.05) is 10.6 Å². The van der Waals surface area contributed by atoms with Gasteiger partial charge in [0.05, 0.1) is 10.4 Å². The Morgan fingerprint density at radius 2 is 2.15 bits per heavy atom. The third-order valence-electron chi connectivity index (χ3n) is 4.77. The van der Waals surface area contributed by atoms with Crippen LogP contribution < -0.4 is 10.9 Å². The molecule has 3 aromatic rings. The van der Waals surface area contributed by atoms with E-state index in [9.17, 15) is 14.0 Å². The zero-order valence-electron chi connectivity index (χ0n) is 14.6. The largest absolute Gasteiger partial charge is 0.324 e. The van der Waals surface area contributed by atoms with E-state index in [-0.39, 0.29) is 17.1 Å². The molecule has 0 saturated carbocycles. The lowest BCUT2D eigenvalue weighted by Crippen LogP contribution is -2.30. The maximum atomic E-state index is 13.2. The fraction of sp³-hybridized carbons (Fsp3) is 0.316. The van der Waals surface area contributed by atoms with Gasteiger partial charge >= 0.3 is 0 Å². The molecular weight excluding hydrogens is 389 g/mol. The second-order valence-electron chi connectivity index (χ2n) is 6.62. The van der Waals surface area contributed by atoms with Crippen LogP contribution in [-0.2, 0) is 24.2 Å². The first-order valence-electron chi connectivity index (χ1n) is 8.70. The van der Waals surface area contributed by atoms with Gasteiger partial charge in [-0.25, -0.2) is 9.37 Å². The number of hydrogen-bond acceptors (Lipinski definition) is 4. The summed E-state index contributed by atoms with van der Waals surface area (Å²) in [5, 5.41) is 3.22. The van der Waals surface area contributed by atoms with Crippen molar-refractivity contribution >= 4 is 44.7 Å². The van der Waals surface area contributed by atoms with Gasteiger partial charge in [-0.2, -0.15) is 0 Å². The number of hydrogen-bond donors (Lipinski definition) is 1. The van der Waals surface area contributed by atoms with Gasteiger partial charge in [0.15, 0.2) is 0 Å². The van der Waals surface area contributed by atoms with Crippen molar-refractivity contribution in [3.05, 3.63) is 55.7 Å². The topological polar surface area (TPSA) is 64.0 Å². The third-order valence-corrected chi connectivity index (χ3v) is 6.25. The Bertz CT molecular complexity index is 1120. The molecule has 0 radical (unpaired) electrons. The number of carbonyl (C=O) groups excluding carboxylic acids is 1. The van der Waals surface area contributed by atoms with Crippen molar-refractivity contribution < 1.29 is 9.18 Å². The Morgan fingerprint density at radius 1 is 1.37 bits per heavy atom. The first-order chi connectivity index (χ1) is 12.9. The number of amides is 1. The van der Waals surface area contributed by atoms with Crippen molar-refractivity contribution in [3.8, 4) is 0 Å². The monoisotopic (exact) mass is 405 g/mol. The number of aryl methyl sites for hydroxylation is 3. The molecule has 0 spiro atoms. The minimum Gasteiger partial charge on any atom is -0.324 e. The van der Waals surface area contributed by atoms with Crippen LogP contribution in [0.3, 0.4) is 0 Å². The Balaban J connectivity index is 1.66. The second kappa shape index (κ2) is 7.05. The smallest absolute Gasteiger partial charge is 0.263 e. The summed E-state index contributed by atoms with van der Waals surface area (Å²) in [5.41, 5.74) is 1.29. The number of fused-ring (bicyclic) bond motifs is 3. The predicted molar refractivity (Wildman–Crippen MR) is 105 cm³/mol. The quantitative estimate of drug-likeness (QED) is 0.714. The first-order valence-corrected chi connectivity index (χ1v) is 9.90. The molecule has 2 heterocycles. The molecule has 5 nitrogen and oxygen atoms in total.